The summed E-state index contributed by atoms with van der Waals surface area (Å²) in [4.78, 5) is 0.355. The molecule has 1 saturated carbocycles. The molecule has 0 bridgehead atoms. The van der Waals surface area contributed by atoms with Crippen molar-refractivity contribution in [1.82, 2.24) is 0 Å². The van der Waals surface area contributed by atoms with E-state index in [-0.39, 0.29) is 0 Å². The monoisotopic (exact) mass is 307 g/mol. The molecule has 3 unspecified atom stereocenters. The number of benzene rings is 1. The van der Waals surface area contributed by atoms with Crippen LogP contribution in [0.3, 0.4) is 0 Å². The van der Waals surface area contributed by atoms with E-state index < -0.39 is 0 Å². The molecule has 116 valence electrons. The van der Waals surface area contributed by atoms with E-state index in [1.807, 2.05) is 18.2 Å². The van der Waals surface area contributed by atoms with Crippen molar-refractivity contribution in [3.63, 3.8) is 0 Å². The quantitative estimate of drug-likeness (QED) is 0.843. The molecule has 1 aliphatic carbocycles. The number of ether oxygens (including phenoxy) is 2. The zero-order valence-electron chi connectivity index (χ0n) is 13.1. The average molecular weight is 307 g/mol. The van der Waals surface area contributed by atoms with E-state index in [4.69, 9.17) is 27.4 Å². The van der Waals surface area contributed by atoms with Crippen molar-refractivity contribution in [3.05, 3.63) is 29.3 Å². The standard InChI is InChI=1S/C17H25NO2S/c1-11-4-6-14(8-12(11)2)20-10-13-5-7-16(19-3)15(9-13)17(18)21/h5,7,9,11-12,14H,4,6,8,10H2,1-3H3,(H2,18,21). The number of methoxy groups -OCH3 is 1. The summed E-state index contributed by atoms with van der Waals surface area (Å²) in [5.41, 5.74) is 7.61. The van der Waals surface area contributed by atoms with Gasteiger partial charge in [-0.05, 0) is 48.8 Å². The molecule has 3 atom stereocenters. The third kappa shape index (κ3) is 4.17. The first kappa shape index (κ1) is 16.2. The molecule has 21 heavy (non-hydrogen) atoms. The molecule has 0 heterocycles. The summed E-state index contributed by atoms with van der Waals surface area (Å²) in [6.07, 6.45) is 3.93. The lowest BCUT2D eigenvalue weighted by molar-refractivity contribution is -0.00746. The van der Waals surface area contributed by atoms with Crippen LogP contribution in [-0.2, 0) is 11.3 Å². The SMILES string of the molecule is COc1ccc(COC2CCC(C)C(C)C2)cc1C(N)=S. The molecule has 1 aromatic rings. The van der Waals surface area contributed by atoms with Crippen LogP contribution in [0.25, 0.3) is 0 Å². The van der Waals surface area contributed by atoms with Gasteiger partial charge in [-0.1, -0.05) is 32.1 Å². The molecular weight excluding hydrogens is 282 g/mol. The summed E-state index contributed by atoms with van der Waals surface area (Å²) in [6, 6.07) is 5.88. The Bertz CT molecular complexity index is 504. The Hall–Kier alpha value is -1.13. The van der Waals surface area contributed by atoms with E-state index in [0.717, 1.165) is 35.8 Å². The molecule has 1 aliphatic rings. The summed E-state index contributed by atoms with van der Waals surface area (Å²) < 4.78 is 11.3. The Morgan fingerprint density at radius 2 is 2.05 bits per heavy atom. The highest BCUT2D eigenvalue weighted by atomic mass is 32.1. The van der Waals surface area contributed by atoms with Gasteiger partial charge in [-0.25, -0.2) is 0 Å². The van der Waals surface area contributed by atoms with E-state index in [2.05, 4.69) is 13.8 Å². The Kier molecular flexibility index (Phi) is 5.59. The summed E-state index contributed by atoms with van der Waals surface area (Å²) in [5, 5.41) is 0. The molecule has 2 rings (SSSR count). The predicted molar refractivity (Wildman–Crippen MR) is 89.6 cm³/mol. The minimum Gasteiger partial charge on any atom is -0.496 e. The van der Waals surface area contributed by atoms with Crippen LogP contribution < -0.4 is 10.5 Å². The van der Waals surface area contributed by atoms with Crippen LogP contribution in [0.5, 0.6) is 5.75 Å². The van der Waals surface area contributed by atoms with Crippen molar-refractivity contribution < 1.29 is 9.47 Å². The van der Waals surface area contributed by atoms with Crippen molar-refractivity contribution in [2.24, 2.45) is 17.6 Å². The van der Waals surface area contributed by atoms with Gasteiger partial charge in [-0.15, -0.1) is 0 Å². The topological polar surface area (TPSA) is 44.5 Å². The van der Waals surface area contributed by atoms with Gasteiger partial charge in [-0.3, -0.25) is 0 Å². The van der Waals surface area contributed by atoms with Crippen molar-refractivity contribution in [2.45, 2.75) is 45.8 Å². The number of hydrogen-bond donors (Lipinski definition) is 1. The summed E-state index contributed by atoms with van der Waals surface area (Å²) in [5.74, 6) is 2.27. The number of hydrogen-bond acceptors (Lipinski definition) is 3. The van der Waals surface area contributed by atoms with Crippen LogP contribution >= 0.6 is 12.2 Å². The van der Waals surface area contributed by atoms with Crippen LogP contribution in [0.2, 0.25) is 0 Å². The fourth-order valence-corrected chi connectivity index (χ4v) is 3.06. The van der Waals surface area contributed by atoms with Crippen molar-refractivity contribution >= 4 is 17.2 Å². The zero-order valence-corrected chi connectivity index (χ0v) is 13.9. The van der Waals surface area contributed by atoms with Crippen LogP contribution in [0, 0.1) is 11.8 Å². The van der Waals surface area contributed by atoms with Crippen molar-refractivity contribution in [2.75, 3.05) is 7.11 Å². The molecule has 0 radical (unpaired) electrons. The van der Waals surface area contributed by atoms with E-state index in [9.17, 15) is 0 Å². The highest BCUT2D eigenvalue weighted by Gasteiger charge is 2.24. The molecule has 0 aliphatic heterocycles. The first-order chi connectivity index (χ1) is 10.0. The molecule has 1 aromatic carbocycles. The van der Waals surface area contributed by atoms with Gasteiger partial charge in [0.05, 0.1) is 25.4 Å². The highest BCUT2D eigenvalue weighted by Crippen LogP contribution is 2.31. The van der Waals surface area contributed by atoms with Gasteiger partial charge in [0.15, 0.2) is 0 Å². The van der Waals surface area contributed by atoms with E-state index in [1.54, 1.807) is 7.11 Å². The van der Waals surface area contributed by atoms with Crippen LogP contribution in [-0.4, -0.2) is 18.2 Å². The fraction of sp³-hybridized carbons (Fsp3) is 0.588. The molecular formula is C17H25NO2S. The van der Waals surface area contributed by atoms with Gasteiger partial charge < -0.3 is 15.2 Å². The molecule has 2 N–H and O–H groups in total. The first-order valence-electron chi connectivity index (χ1n) is 7.59. The summed E-state index contributed by atoms with van der Waals surface area (Å²) >= 11 is 5.07. The maximum Gasteiger partial charge on any atom is 0.129 e. The smallest absolute Gasteiger partial charge is 0.129 e. The van der Waals surface area contributed by atoms with E-state index in [1.165, 1.54) is 6.42 Å². The van der Waals surface area contributed by atoms with Crippen LogP contribution in [0.4, 0.5) is 0 Å². The molecule has 0 amide bonds. The first-order valence-corrected chi connectivity index (χ1v) is 8.00. The lowest BCUT2D eigenvalue weighted by atomic mass is 9.80. The molecule has 3 nitrogen and oxygen atoms in total. The van der Waals surface area contributed by atoms with E-state index in [0.29, 0.717) is 23.4 Å². The largest absolute Gasteiger partial charge is 0.496 e. The van der Waals surface area contributed by atoms with Gasteiger partial charge in [0.2, 0.25) is 0 Å². The minimum atomic E-state index is 0.355. The van der Waals surface area contributed by atoms with Gasteiger partial charge in [0.1, 0.15) is 10.7 Å². The normalized spacial score (nSPS) is 25.6. The van der Waals surface area contributed by atoms with Gasteiger partial charge in [-0.2, -0.15) is 0 Å². The average Bonchev–Trinajstić information content (AvgIpc) is 2.48. The van der Waals surface area contributed by atoms with Crippen molar-refractivity contribution in [1.29, 1.82) is 0 Å². The molecule has 0 saturated heterocycles. The maximum absolute atomic E-state index is 6.07. The third-order valence-corrected chi connectivity index (χ3v) is 4.79. The third-order valence-electron chi connectivity index (χ3n) is 4.57. The molecule has 4 heteroatoms. The van der Waals surface area contributed by atoms with Crippen LogP contribution in [0.1, 0.15) is 44.2 Å². The Labute approximate surface area is 132 Å². The van der Waals surface area contributed by atoms with Gasteiger partial charge >= 0.3 is 0 Å². The minimum absolute atomic E-state index is 0.355. The second-order valence-corrected chi connectivity index (χ2v) is 6.54. The maximum atomic E-state index is 6.07. The summed E-state index contributed by atoms with van der Waals surface area (Å²) in [7, 11) is 1.62. The Balaban J connectivity index is 1.97. The predicted octanol–water partition coefficient (Wildman–Crippen LogP) is 3.67. The number of nitrogens with two attached hydrogens (primary N) is 1. The highest BCUT2D eigenvalue weighted by molar-refractivity contribution is 7.80. The number of thiocarbonyl (C=S) groups is 1. The van der Waals surface area contributed by atoms with Crippen LogP contribution in [0.15, 0.2) is 18.2 Å². The zero-order chi connectivity index (χ0) is 15.4. The van der Waals surface area contributed by atoms with Gasteiger partial charge in [0.25, 0.3) is 0 Å². The molecule has 0 spiro atoms. The summed E-state index contributed by atoms with van der Waals surface area (Å²) in [6.45, 7) is 5.25. The second kappa shape index (κ2) is 7.23. The van der Waals surface area contributed by atoms with E-state index >= 15 is 0 Å². The van der Waals surface area contributed by atoms with Gasteiger partial charge in [0, 0.05) is 0 Å². The molecule has 1 fully saturated rings. The number of rotatable bonds is 5. The Morgan fingerprint density at radius 1 is 1.29 bits per heavy atom. The lowest BCUT2D eigenvalue weighted by Gasteiger charge is -2.32. The lowest BCUT2D eigenvalue weighted by Crippen LogP contribution is -2.26. The molecule has 0 aromatic heterocycles. The Morgan fingerprint density at radius 3 is 2.67 bits per heavy atom. The van der Waals surface area contributed by atoms with Crippen molar-refractivity contribution in [3.8, 4) is 5.75 Å². The second-order valence-electron chi connectivity index (χ2n) is 6.10. The fourth-order valence-electron chi connectivity index (χ4n) is 2.90.